The van der Waals surface area contributed by atoms with Crippen molar-refractivity contribution in [1.82, 2.24) is 10.3 Å². The van der Waals surface area contributed by atoms with Crippen molar-refractivity contribution in [3.8, 4) is 11.5 Å². The van der Waals surface area contributed by atoms with Gasteiger partial charge < -0.3 is 24.8 Å². The molecule has 2 aromatic rings. The van der Waals surface area contributed by atoms with Crippen molar-refractivity contribution in [2.75, 3.05) is 39.8 Å². The quantitative estimate of drug-likeness (QED) is 0.793. The van der Waals surface area contributed by atoms with Gasteiger partial charge in [0, 0.05) is 26.8 Å². The average molecular weight is 345 g/mol. The van der Waals surface area contributed by atoms with Gasteiger partial charge >= 0.3 is 0 Å². The van der Waals surface area contributed by atoms with Gasteiger partial charge in [-0.1, -0.05) is 6.07 Å². The maximum Gasteiger partial charge on any atom is 0.252 e. The van der Waals surface area contributed by atoms with Gasteiger partial charge in [0.2, 0.25) is 0 Å². The average Bonchev–Trinajstić information content (AvgIpc) is 2.65. The number of carbonyl (C=O) groups excluding carboxylic acids is 1. The van der Waals surface area contributed by atoms with Crippen molar-refractivity contribution in [3.63, 3.8) is 0 Å². The topological polar surface area (TPSA) is 83.9 Å². The molecule has 1 aromatic heterocycles. The maximum absolute atomic E-state index is 12.2. The molecular formula is C18H23N3O4. The Kier molecular flexibility index (Phi) is 6.19. The zero-order valence-electron chi connectivity index (χ0n) is 14.8. The Morgan fingerprint density at radius 2 is 1.92 bits per heavy atom. The highest BCUT2D eigenvalue weighted by Gasteiger charge is 2.14. The number of aliphatic hydroxyl groups is 1. The van der Waals surface area contributed by atoms with Gasteiger partial charge in [-0.25, -0.2) is 4.98 Å². The molecule has 0 bridgehead atoms. The van der Waals surface area contributed by atoms with Crippen molar-refractivity contribution in [2.24, 2.45) is 0 Å². The smallest absolute Gasteiger partial charge is 0.252 e. The van der Waals surface area contributed by atoms with Crippen LogP contribution in [0.2, 0.25) is 0 Å². The number of ether oxygens (including phenoxy) is 2. The van der Waals surface area contributed by atoms with Crippen LogP contribution in [-0.4, -0.2) is 50.9 Å². The van der Waals surface area contributed by atoms with Crippen LogP contribution in [0.4, 0.5) is 5.82 Å². The molecule has 0 saturated carbocycles. The van der Waals surface area contributed by atoms with E-state index in [9.17, 15) is 9.90 Å². The van der Waals surface area contributed by atoms with Gasteiger partial charge in [0.05, 0.1) is 25.9 Å². The molecule has 0 fully saturated rings. The van der Waals surface area contributed by atoms with E-state index in [0.29, 0.717) is 22.6 Å². The van der Waals surface area contributed by atoms with Crippen LogP contribution in [0, 0.1) is 0 Å². The summed E-state index contributed by atoms with van der Waals surface area (Å²) in [4.78, 5) is 18.2. The van der Waals surface area contributed by atoms with E-state index in [1.54, 1.807) is 37.4 Å². The van der Waals surface area contributed by atoms with Crippen LogP contribution < -0.4 is 19.7 Å². The summed E-state index contributed by atoms with van der Waals surface area (Å²) in [7, 11) is 6.83. The second-order valence-electron chi connectivity index (χ2n) is 5.64. The lowest BCUT2D eigenvalue weighted by atomic mass is 10.1. The Labute approximate surface area is 147 Å². The third kappa shape index (κ3) is 4.60. The molecule has 134 valence electrons. The summed E-state index contributed by atoms with van der Waals surface area (Å²) in [6, 6.07) is 8.58. The minimum absolute atomic E-state index is 0.0732. The molecule has 1 amide bonds. The lowest BCUT2D eigenvalue weighted by Gasteiger charge is -2.15. The molecule has 7 heteroatoms. The van der Waals surface area contributed by atoms with Crippen LogP contribution in [-0.2, 0) is 0 Å². The zero-order valence-corrected chi connectivity index (χ0v) is 14.8. The van der Waals surface area contributed by atoms with E-state index in [2.05, 4.69) is 10.3 Å². The summed E-state index contributed by atoms with van der Waals surface area (Å²) in [6.07, 6.45) is 0.644. The monoisotopic (exact) mass is 345 g/mol. The van der Waals surface area contributed by atoms with E-state index in [1.807, 2.05) is 19.0 Å². The summed E-state index contributed by atoms with van der Waals surface area (Å²) >= 11 is 0. The molecule has 0 saturated heterocycles. The van der Waals surface area contributed by atoms with Gasteiger partial charge in [0.15, 0.2) is 11.5 Å². The molecule has 1 unspecified atom stereocenters. The highest BCUT2D eigenvalue weighted by atomic mass is 16.5. The summed E-state index contributed by atoms with van der Waals surface area (Å²) in [5.74, 6) is 1.57. The summed E-state index contributed by atoms with van der Waals surface area (Å²) in [6.45, 7) is 0.0732. The lowest BCUT2D eigenvalue weighted by Crippen LogP contribution is -2.28. The van der Waals surface area contributed by atoms with Gasteiger partial charge in [-0.2, -0.15) is 0 Å². The van der Waals surface area contributed by atoms with Crippen LogP contribution in [0.1, 0.15) is 22.0 Å². The third-order valence-electron chi connectivity index (χ3n) is 3.72. The van der Waals surface area contributed by atoms with Crippen molar-refractivity contribution in [3.05, 3.63) is 47.7 Å². The molecule has 0 spiro atoms. The second kappa shape index (κ2) is 8.34. The minimum atomic E-state index is -0.863. The van der Waals surface area contributed by atoms with E-state index >= 15 is 0 Å². The normalized spacial score (nSPS) is 11.6. The van der Waals surface area contributed by atoms with Crippen molar-refractivity contribution >= 4 is 11.7 Å². The number of nitrogens with one attached hydrogen (secondary N) is 1. The Hall–Kier alpha value is -2.80. The number of aliphatic hydroxyl groups excluding tert-OH is 1. The number of rotatable bonds is 7. The molecule has 0 aliphatic heterocycles. The Morgan fingerprint density at radius 3 is 2.48 bits per heavy atom. The molecule has 1 atom stereocenters. The number of carbonyl (C=O) groups is 1. The van der Waals surface area contributed by atoms with Gasteiger partial charge in [-0.15, -0.1) is 0 Å². The Morgan fingerprint density at radius 1 is 1.20 bits per heavy atom. The number of hydrogen-bond donors (Lipinski definition) is 2. The molecule has 0 radical (unpaired) electrons. The number of anilines is 1. The standard InChI is InChI=1S/C18H23N3O4/c1-21(2)17-8-6-13(10-19-17)18(23)20-11-14(22)12-5-7-15(24-3)16(9-12)25-4/h5-10,14,22H,11H2,1-4H3,(H,20,23). The third-order valence-corrected chi connectivity index (χ3v) is 3.72. The fourth-order valence-electron chi connectivity index (χ4n) is 2.25. The van der Waals surface area contributed by atoms with Gasteiger partial charge in [-0.3, -0.25) is 4.79 Å². The Balaban J connectivity index is 1.99. The molecule has 1 heterocycles. The molecule has 2 N–H and O–H groups in total. The number of methoxy groups -OCH3 is 2. The van der Waals surface area contributed by atoms with E-state index in [1.165, 1.54) is 13.3 Å². The zero-order chi connectivity index (χ0) is 18.4. The fraction of sp³-hybridized carbons (Fsp3) is 0.333. The highest BCUT2D eigenvalue weighted by Crippen LogP contribution is 2.29. The summed E-state index contributed by atoms with van der Waals surface area (Å²) in [5.41, 5.74) is 1.06. The van der Waals surface area contributed by atoms with Crippen molar-refractivity contribution in [1.29, 1.82) is 0 Å². The number of pyridine rings is 1. The van der Waals surface area contributed by atoms with Gasteiger partial charge in [0.25, 0.3) is 5.91 Å². The van der Waals surface area contributed by atoms with Crippen molar-refractivity contribution in [2.45, 2.75) is 6.10 Å². The molecule has 0 aliphatic rings. The van der Waals surface area contributed by atoms with Crippen LogP contribution in [0.15, 0.2) is 36.5 Å². The number of hydrogen-bond acceptors (Lipinski definition) is 6. The van der Waals surface area contributed by atoms with Crippen LogP contribution in [0.3, 0.4) is 0 Å². The molecule has 25 heavy (non-hydrogen) atoms. The SMILES string of the molecule is COc1ccc(C(O)CNC(=O)c2ccc(N(C)C)nc2)cc1OC. The van der Waals surface area contributed by atoms with Crippen LogP contribution >= 0.6 is 0 Å². The predicted octanol–water partition coefficient (Wildman–Crippen LogP) is 1.63. The first-order chi connectivity index (χ1) is 12.0. The summed E-state index contributed by atoms with van der Waals surface area (Å²) in [5, 5.41) is 13.0. The largest absolute Gasteiger partial charge is 0.493 e. The molecular weight excluding hydrogens is 322 g/mol. The minimum Gasteiger partial charge on any atom is -0.493 e. The number of aromatic nitrogens is 1. The van der Waals surface area contributed by atoms with Gasteiger partial charge in [0.1, 0.15) is 5.82 Å². The van der Waals surface area contributed by atoms with E-state index in [0.717, 1.165) is 5.82 Å². The fourth-order valence-corrected chi connectivity index (χ4v) is 2.25. The van der Waals surface area contributed by atoms with Gasteiger partial charge in [-0.05, 0) is 29.8 Å². The lowest BCUT2D eigenvalue weighted by molar-refractivity contribution is 0.0916. The number of benzene rings is 1. The maximum atomic E-state index is 12.2. The first-order valence-corrected chi connectivity index (χ1v) is 7.77. The highest BCUT2D eigenvalue weighted by molar-refractivity contribution is 5.94. The van der Waals surface area contributed by atoms with E-state index in [4.69, 9.17) is 9.47 Å². The molecule has 7 nitrogen and oxygen atoms in total. The molecule has 1 aromatic carbocycles. The first kappa shape index (κ1) is 18.5. The second-order valence-corrected chi connectivity index (χ2v) is 5.64. The van der Waals surface area contributed by atoms with Crippen LogP contribution in [0.5, 0.6) is 11.5 Å². The predicted molar refractivity (Wildman–Crippen MR) is 95.4 cm³/mol. The molecule has 2 rings (SSSR count). The molecule has 0 aliphatic carbocycles. The van der Waals surface area contributed by atoms with E-state index < -0.39 is 6.10 Å². The van der Waals surface area contributed by atoms with Crippen LogP contribution in [0.25, 0.3) is 0 Å². The Bertz CT molecular complexity index is 717. The number of nitrogens with zero attached hydrogens (tertiary/aromatic N) is 2. The number of amides is 1. The summed E-state index contributed by atoms with van der Waals surface area (Å²) < 4.78 is 10.4. The van der Waals surface area contributed by atoms with Crippen molar-refractivity contribution < 1.29 is 19.4 Å². The van der Waals surface area contributed by atoms with E-state index in [-0.39, 0.29) is 12.5 Å². The first-order valence-electron chi connectivity index (χ1n) is 7.77.